The van der Waals surface area contributed by atoms with E-state index in [9.17, 15) is 4.79 Å². The fraction of sp³-hybridized carbons (Fsp3) is 0.519. The number of carbonyl (C=O) groups is 1. The van der Waals surface area contributed by atoms with Gasteiger partial charge < -0.3 is 24.8 Å². The van der Waals surface area contributed by atoms with Gasteiger partial charge in [-0.15, -0.1) is 0 Å². The molecular weight excluding hydrogens is 458 g/mol. The van der Waals surface area contributed by atoms with Crippen molar-refractivity contribution in [2.24, 2.45) is 0 Å². The Kier molecular flexibility index (Phi) is 6.17. The van der Waals surface area contributed by atoms with E-state index in [1.165, 1.54) is 6.42 Å². The smallest absolute Gasteiger partial charge is 0.255 e. The summed E-state index contributed by atoms with van der Waals surface area (Å²) < 4.78 is 18.6. The molecule has 9 heteroatoms. The summed E-state index contributed by atoms with van der Waals surface area (Å²) in [7, 11) is 0. The molecule has 2 aromatic heterocycles. The van der Waals surface area contributed by atoms with Gasteiger partial charge in [0.05, 0.1) is 28.4 Å². The summed E-state index contributed by atoms with van der Waals surface area (Å²) in [6.07, 6.45) is 10.4. The maximum Gasteiger partial charge on any atom is 0.255 e. The van der Waals surface area contributed by atoms with Gasteiger partial charge in [0.1, 0.15) is 0 Å². The number of carbonyl (C=O) groups excluding carboxylic acids is 1. The fourth-order valence-corrected chi connectivity index (χ4v) is 5.75. The van der Waals surface area contributed by atoms with E-state index in [-0.39, 0.29) is 18.7 Å². The third kappa shape index (κ3) is 4.15. The number of aromatic nitrogens is 3. The summed E-state index contributed by atoms with van der Waals surface area (Å²) in [6.45, 7) is 4.42. The molecule has 0 unspecified atom stereocenters. The standard InChI is InChI=1S/C27H33N5O4/c1-2-32-25-20(16-29-32)24(30-19-8-12-34-13-9-19)21(15-28-25)26(33)31-27(10-4-3-5-11-27)18-6-7-22-23(14-18)36-17-35-22/h6-7,14-16,19H,2-5,8-13,17H2,1H3,(H,28,30)(H,31,33). The Labute approximate surface area is 210 Å². The van der Waals surface area contributed by atoms with Gasteiger partial charge in [0.15, 0.2) is 17.1 Å². The second-order valence-electron chi connectivity index (χ2n) is 9.94. The Hall–Kier alpha value is -3.33. The van der Waals surface area contributed by atoms with Crippen LogP contribution in [-0.2, 0) is 16.8 Å². The van der Waals surface area contributed by atoms with E-state index < -0.39 is 5.54 Å². The molecule has 190 valence electrons. The van der Waals surface area contributed by atoms with Crippen molar-refractivity contribution in [1.82, 2.24) is 20.1 Å². The lowest BCUT2D eigenvalue weighted by Gasteiger charge is -2.39. The number of hydrogen-bond acceptors (Lipinski definition) is 7. The van der Waals surface area contributed by atoms with Crippen molar-refractivity contribution in [3.8, 4) is 11.5 Å². The maximum absolute atomic E-state index is 14.0. The Balaban J connectivity index is 1.37. The van der Waals surface area contributed by atoms with Crippen molar-refractivity contribution in [3.63, 3.8) is 0 Å². The van der Waals surface area contributed by atoms with Crippen LogP contribution in [0.2, 0.25) is 0 Å². The molecule has 0 bridgehead atoms. The van der Waals surface area contributed by atoms with Gasteiger partial charge in [-0.1, -0.05) is 25.3 Å². The number of hydrogen-bond donors (Lipinski definition) is 2. The first-order chi connectivity index (χ1) is 17.7. The average molecular weight is 492 g/mol. The molecule has 4 heterocycles. The highest BCUT2D eigenvalue weighted by atomic mass is 16.7. The number of anilines is 1. The zero-order valence-corrected chi connectivity index (χ0v) is 20.7. The number of ether oxygens (including phenoxy) is 3. The molecule has 0 radical (unpaired) electrons. The van der Waals surface area contributed by atoms with Crippen molar-refractivity contribution in [3.05, 3.63) is 41.7 Å². The highest BCUT2D eigenvalue weighted by Gasteiger charge is 2.37. The molecule has 36 heavy (non-hydrogen) atoms. The number of pyridine rings is 1. The van der Waals surface area contributed by atoms with Crippen molar-refractivity contribution >= 4 is 22.6 Å². The molecule has 1 saturated carbocycles. The molecule has 6 rings (SSSR count). The SMILES string of the molecule is CCn1ncc2c(NC3CCOCC3)c(C(=O)NC3(c4ccc5c(c4)OCO5)CCCCC3)cnc21. The summed E-state index contributed by atoms with van der Waals surface area (Å²) in [4.78, 5) is 18.7. The maximum atomic E-state index is 14.0. The first kappa shape index (κ1) is 23.1. The molecular formula is C27H33N5O4. The number of fused-ring (bicyclic) bond motifs is 2. The second kappa shape index (κ2) is 9.61. The third-order valence-corrected chi connectivity index (χ3v) is 7.77. The number of rotatable bonds is 6. The third-order valence-electron chi connectivity index (χ3n) is 7.77. The summed E-state index contributed by atoms with van der Waals surface area (Å²) >= 11 is 0. The molecule has 1 amide bonds. The second-order valence-corrected chi connectivity index (χ2v) is 9.94. The van der Waals surface area contributed by atoms with E-state index in [0.717, 1.165) is 85.5 Å². The lowest BCUT2D eigenvalue weighted by molar-refractivity contribution is 0.0865. The fourth-order valence-electron chi connectivity index (χ4n) is 5.75. The van der Waals surface area contributed by atoms with Gasteiger partial charge in [-0.3, -0.25) is 4.79 Å². The minimum atomic E-state index is -0.463. The van der Waals surface area contributed by atoms with Crippen molar-refractivity contribution in [1.29, 1.82) is 0 Å². The van der Waals surface area contributed by atoms with E-state index in [0.29, 0.717) is 12.1 Å². The van der Waals surface area contributed by atoms with Crippen LogP contribution in [0.3, 0.4) is 0 Å². The van der Waals surface area contributed by atoms with Crippen LogP contribution in [0, 0.1) is 0 Å². The van der Waals surface area contributed by atoms with Gasteiger partial charge >= 0.3 is 0 Å². The number of amides is 1. The van der Waals surface area contributed by atoms with Crippen molar-refractivity contribution in [2.45, 2.75) is 70.0 Å². The first-order valence-electron chi connectivity index (χ1n) is 13.1. The quantitative estimate of drug-likeness (QED) is 0.529. The number of nitrogens with zero attached hydrogens (tertiary/aromatic N) is 3. The van der Waals surface area contributed by atoms with Crippen LogP contribution in [0.5, 0.6) is 11.5 Å². The molecule has 3 aliphatic rings. The van der Waals surface area contributed by atoms with Crippen LogP contribution < -0.4 is 20.1 Å². The molecule has 2 N–H and O–H groups in total. The van der Waals surface area contributed by atoms with Crippen LogP contribution in [0.1, 0.15) is 67.8 Å². The Morgan fingerprint density at radius 1 is 1.11 bits per heavy atom. The summed E-state index contributed by atoms with van der Waals surface area (Å²) in [5.74, 6) is 1.37. The number of benzene rings is 1. The van der Waals surface area contributed by atoms with Crippen molar-refractivity contribution in [2.75, 3.05) is 25.3 Å². The lowest BCUT2D eigenvalue weighted by Crippen LogP contribution is -2.47. The molecule has 2 aliphatic heterocycles. The first-order valence-corrected chi connectivity index (χ1v) is 13.1. The molecule has 0 atom stereocenters. The summed E-state index contributed by atoms with van der Waals surface area (Å²) in [6, 6.07) is 6.28. The van der Waals surface area contributed by atoms with Crippen LogP contribution in [0.25, 0.3) is 11.0 Å². The zero-order valence-electron chi connectivity index (χ0n) is 20.7. The predicted molar refractivity (Wildman–Crippen MR) is 135 cm³/mol. The van der Waals surface area contributed by atoms with Crippen molar-refractivity contribution < 1.29 is 19.0 Å². The molecule has 3 aromatic rings. The van der Waals surface area contributed by atoms with Gasteiger partial charge in [0.2, 0.25) is 6.79 Å². The molecule has 2 fully saturated rings. The zero-order chi connectivity index (χ0) is 24.5. The van der Waals surface area contributed by atoms with Gasteiger partial charge in [-0.05, 0) is 50.3 Å². The minimum absolute atomic E-state index is 0.122. The lowest BCUT2D eigenvalue weighted by atomic mass is 9.76. The van der Waals surface area contributed by atoms with Crippen LogP contribution in [0.4, 0.5) is 5.69 Å². The summed E-state index contributed by atoms with van der Waals surface area (Å²) in [5.41, 5.74) is 2.74. The number of nitrogens with one attached hydrogen (secondary N) is 2. The van der Waals surface area contributed by atoms with Crippen LogP contribution >= 0.6 is 0 Å². The van der Waals surface area contributed by atoms with Gasteiger partial charge in [0, 0.05) is 32.0 Å². The van der Waals surface area contributed by atoms with E-state index in [4.69, 9.17) is 14.2 Å². The Morgan fingerprint density at radius 3 is 2.72 bits per heavy atom. The minimum Gasteiger partial charge on any atom is -0.454 e. The highest BCUT2D eigenvalue weighted by Crippen LogP contribution is 2.42. The van der Waals surface area contributed by atoms with Crippen LogP contribution in [-0.4, -0.2) is 46.7 Å². The molecule has 9 nitrogen and oxygen atoms in total. The van der Waals surface area contributed by atoms with E-state index in [1.807, 2.05) is 29.9 Å². The van der Waals surface area contributed by atoms with E-state index in [1.54, 1.807) is 6.20 Å². The summed E-state index contributed by atoms with van der Waals surface area (Å²) in [5, 5.41) is 12.5. The predicted octanol–water partition coefficient (Wildman–Crippen LogP) is 4.36. The van der Waals surface area contributed by atoms with Gasteiger partial charge in [-0.25, -0.2) is 9.67 Å². The topological polar surface area (TPSA) is 99.5 Å². The van der Waals surface area contributed by atoms with Gasteiger partial charge in [-0.2, -0.15) is 5.10 Å². The molecule has 1 saturated heterocycles. The van der Waals surface area contributed by atoms with E-state index >= 15 is 0 Å². The molecule has 0 spiro atoms. The van der Waals surface area contributed by atoms with E-state index in [2.05, 4.69) is 26.8 Å². The number of aryl methyl sites for hydroxylation is 1. The van der Waals surface area contributed by atoms with Crippen LogP contribution in [0.15, 0.2) is 30.6 Å². The Bertz CT molecular complexity index is 1260. The molecule has 1 aromatic carbocycles. The largest absolute Gasteiger partial charge is 0.454 e. The normalized spacial score (nSPS) is 19.4. The highest BCUT2D eigenvalue weighted by molar-refractivity contribution is 6.06. The Morgan fingerprint density at radius 2 is 1.92 bits per heavy atom. The average Bonchev–Trinajstić information content (AvgIpc) is 3.56. The molecule has 1 aliphatic carbocycles. The monoisotopic (exact) mass is 491 g/mol. The van der Waals surface area contributed by atoms with Gasteiger partial charge in [0.25, 0.3) is 5.91 Å².